The Morgan fingerprint density at radius 3 is 2.10 bits per heavy atom. The van der Waals surface area contributed by atoms with Gasteiger partial charge in [-0.2, -0.15) is 0 Å². The number of hydrogen-bond acceptors (Lipinski definition) is 4. The molecule has 1 atom stereocenters. The molecule has 0 bridgehead atoms. The van der Waals surface area contributed by atoms with Crippen molar-refractivity contribution in [3.8, 4) is 5.75 Å². The van der Waals surface area contributed by atoms with Crippen LogP contribution >= 0.6 is 11.6 Å². The highest BCUT2D eigenvalue weighted by atomic mass is 35.5. The molecule has 0 fully saturated rings. The zero-order chi connectivity index (χ0) is 16.3. The molecule has 4 nitrogen and oxygen atoms in total. The smallest absolute Gasteiger partial charge is 0.327 e. The molecule has 0 spiro atoms. The second-order valence-corrected chi connectivity index (χ2v) is 6.40. The second-order valence-electron chi connectivity index (χ2n) is 5.57. The average molecular weight is 313 g/mol. The van der Waals surface area contributed by atoms with Crippen molar-refractivity contribution < 1.29 is 19.1 Å². The normalized spacial score (nSPS) is 14.2. The molecule has 1 aromatic rings. The van der Waals surface area contributed by atoms with E-state index in [1.807, 2.05) is 6.92 Å². The fourth-order valence-electron chi connectivity index (χ4n) is 1.63. The Hall–Kier alpha value is -1.55. The third-order valence-electron chi connectivity index (χ3n) is 3.25. The van der Waals surface area contributed by atoms with Crippen molar-refractivity contribution in [2.45, 2.75) is 51.5 Å². The number of halogens is 1. The number of esters is 2. The summed E-state index contributed by atoms with van der Waals surface area (Å²) in [5, 5.41) is 0. The summed E-state index contributed by atoms with van der Waals surface area (Å²) in [6, 6.07) is 6.82. The lowest BCUT2D eigenvalue weighted by atomic mass is 9.97. The van der Waals surface area contributed by atoms with Crippen molar-refractivity contribution in [1.82, 2.24) is 0 Å². The fourth-order valence-corrected chi connectivity index (χ4v) is 1.67. The van der Waals surface area contributed by atoms with E-state index in [1.165, 1.54) is 6.92 Å². The van der Waals surface area contributed by atoms with Gasteiger partial charge in [-0.1, -0.05) is 19.1 Å². The van der Waals surface area contributed by atoms with Gasteiger partial charge in [0.15, 0.2) is 0 Å². The van der Waals surface area contributed by atoms with E-state index < -0.39 is 16.4 Å². The molecule has 0 radical (unpaired) electrons. The Morgan fingerprint density at radius 1 is 1.14 bits per heavy atom. The Kier molecular flexibility index (Phi) is 5.40. The summed E-state index contributed by atoms with van der Waals surface area (Å²) in [7, 11) is 0. The molecule has 116 valence electrons. The van der Waals surface area contributed by atoms with Gasteiger partial charge in [0.25, 0.3) is 0 Å². The van der Waals surface area contributed by atoms with Crippen molar-refractivity contribution in [2.24, 2.45) is 0 Å². The zero-order valence-electron chi connectivity index (χ0n) is 13.0. The van der Waals surface area contributed by atoms with Crippen molar-refractivity contribution >= 4 is 23.5 Å². The highest BCUT2D eigenvalue weighted by Gasteiger charge is 2.35. The van der Waals surface area contributed by atoms with Gasteiger partial charge < -0.3 is 9.47 Å². The molecule has 0 aliphatic rings. The Balaban J connectivity index is 2.87. The van der Waals surface area contributed by atoms with Crippen LogP contribution in [0.1, 0.15) is 46.6 Å². The maximum Gasteiger partial charge on any atom is 0.327 e. The van der Waals surface area contributed by atoms with Crippen LogP contribution in [0.25, 0.3) is 0 Å². The summed E-state index contributed by atoms with van der Waals surface area (Å²) in [4.78, 5) is 21.9. The van der Waals surface area contributed by atoms with Crippen molar-refractivity contribution in [1.29, 1.82) is 0 Å². The van der Waals surface area contributed by atoms with Crippen LogP contribution in [0.15, 0.2) is 24.3 Å². The number of alkyl halides is 1. The molecule has 1 aromatic carbocycles. The number of carbonyl (C=O) groups is 2. The third kappa shape index (κ3) is 4.74. The van der Waals surface area contributed by atoms with Crippen LogP contribution in [0.4, 0.5) is 0 Å². The maximum atomic E-state index is 12.1. The van der Waals surface area contributed by atoms with E-state index in [1.54, 1.807) is 45.0 Å². The minimum Gasteiger partial charge on any atom is -0.453 e. The summed E-state index contributed by atoms with van der Waals surface area (Å²) in [6.07, 6.45) is 0.481. The first-order valence-electron chi connectivity index (χ1n) is 6.80. The molecule has 0 aliphatic carbocycles. The molecule has 0 saturated heterocycles. The Labute approximate surface area is 130 Å². The Morgan fingerprint density at radius 2 is 1.67 bits per heavy atom. The van der Waals surface area contributed by atoms with E-state index in [4.69, 9.17) is 21.1 Å². The van der Waals surface area contributed by atoms with Crippen molar-refractivity contribution in [3.05, 3.63) is 29.8 Å². The molecule has 5 heteroatoms. The highest BCUT2D eigenvalue weighted by molar-refractivity contribution is 6.33. The van der Waals surface area contributed by atoms with Crippen LogP contribution in [0, 0.1) is 0 Å². The first-order chi connectivity index (χ1) is 9.58. The maximum absolute atomic E-state index is 12.1. The molecular weight excluding hydrogens is 292 g/mol. The van der Waals surface area contributed by atoms with Crippen LogP contribution in [-0.2, 0) is 19.9 Å². The number of carbonyl (C=O) groups excluding carboxylic acids is 2. The molecule has 0 heterocycles. The van der Waals surface area contributed by atoms with E-state index in [-0.39, 0.29) is 5.97 Å². The van der Waals surface area contributed by atoms with E-state index in [9.17, 15) is 9.59 Å². The van der Waals surface area contributed by atoms with Gasteiger partial charge in [-0.15, -0.1) is 11.6 Å². The van der Waals surface area contributed by atoms with E-state index in [2.05, 4.69) is 0 Å². The van der Waals surface area contributed by atoms with Gasteiger partial charge in [-0.25, -0.2) is 0 Å². The third-order valence-corrected chi connectivity index (χ3v) is 3.67. The SMILES string of the molecule is CCC(C)(Cl)C(=O)OC(C)(C)c1ccc(OC(C)=O)cc1. The van der Waals surface area contributed by atoms with Crippen LogP contribution in [0.5, 0.6) is 5.75 Å². The lowest BCUT2D eigenvalue weighted by Gasteiger charge is -2.29. The molecule has 0 aromatic heterocycles. The predicted octanol–water partition coefficient (Wildman–Crippen LogP) is 3.80. The summed E-state index contributed by atoms with van der Waals surface area (Å²) in [5.41, 5.74) is -0.0349. The molecule has 0 N–H and O–H groups in total. The standard InChI is InChI=1S/C16H21ClO4/c1-6-16(5,17)14(19)21-15(3,4)12-7-9-13(10-8-12)20-11(2)18/h7-10H,6H2,1-5H3. The summed E-state index contributed by atoms with van der Waals surface area (Å²) >= 11 is 6.12. The lowest BCUT2D eigenvalue weighted by Crippen LogP contribution is -2.36. The zero-order valence-corrected chi connectivity index (χ0v) is 13.8. The lowest BCUT2D eigenvalue weighted by molar-refractivity contribution is -0.160. The molecule has 0 saturated carbocycles. The quantitative estimate of drug-likeness (QED) is 0.471. The minimum atomic E-state index is -1.03. The summed E-state index contributed by atoms with van der Waals surface area (Å²) in [5.74, 6) is -0.390. The van der Waals surface area contributed by atoms with E-state index in [0.717, 1.165) is 5.56 Å². The summed E-state index contributed by atoms with van der Waals surface area (Å²) in [6.45, 7) is 8.38. The summed E-state index contributed by atoms with van der Waals surface area (Å²) < 4.78 is 10.5. The monoisotopic (exact) mass is 312 g/mol. The van der Waals surface area contributed by atoms with Gasteiger partial charge in [0, 0.05) is 6.92 Å². The first-order valence-corrected chi connectivity index (χ1v) is 7.17. The molecule has 21 heavy (non-hydrogen) atoms. The second kappa shape index (κ2) is 6.48. The number of benzene rings is 1. The Bertz CT molecular complexity index is 518. The average Bonchev–Trinajstić information content (AvgIpc) is 2.38. The topological polar surface area (TPSA) is 52.6 Å². The largest absolute Gasteiger partial charge is 0.453 e. The van der Waals surface area contributed by atoms with Crippen molar-refractivity contribution in [3.63, 3.8) is 0 Å². The number of ether oxygens (including phenoxy) is 2. The van der Waals surface area contributed by atoms with Crippen LogP contribution < -0.4 is 4.74 Å². The molecule has 0 amide bonds. The van der Waals surface area contributed by atoms with E-state index in [0.29, 0.717) is 12.2 Å². The first kappa shape index (κ1) is 17.5. The number of hydrogen-bond donors (Lipinski definition) is 0. The van der Waals surface area contributed by atoms with E-state index >= 15 is 0 Å². The molecule has 0 aliphatic heterocycles. The van der Waals surface area contributed by atoms with Gasteiger partial charge in [-0.3, -0.25) is 9.59 Å². The molecule has 1 rings (SSSR count). The van der Waals surface area contributed by atoms with Crippen LogP contribution in [0.2, 0.25) is 0 Å². The van der Waals surface area contributed by atoms with Gasteiger partial charge in [0.05, 0.1) is 0 Å². The fraction of sp³-hybridized carbons (Fsp3) is 0.500. The highest BCUT2D eigenvalue weighted by Crippen LogP contribution is 2.30. The molecule has 1 unspecified atom stereocenters. The van der Waals surface area contributed by atoms with Gasteiger partial charge in [0.2, 0.25) is 0 Å². The predicted molar refractivity (Wildman–Crippen MR) is 81.4 cm³/mol. The number of rotatable bonds is 5. The van der Waals surface area contributed by atoms with Crippen LogP contribution in [0.3, 0.4) is 0 Å². The van der Waals surface area contributed by atoms with Crippen molar-refractivity contribution in [2.75, 3.05) is 0 Å². The molecular formula is C16H21ClO4. The minimum absolute atomic E-state index is 0.380. The van der Waals surface area contributed by atoms with Crippen LogP contribution in [-0.4, -0.2) is 16.8 Å². The van der Waals surface area contributed by atoms with Gasteiger partial charge in [0.1, 0.15) is 16.2 Å². The van der Waals surface area contributed by atoms with Gasteiger partial charge in [-0.05, 0) is 44.9 Å². The van der Waals surface area contributed by atoms with Gasteiger partial charge >= 0.3 is 11.9 Å².